The normalized spacial score (nSPS) is 11.6. The molecule has 11 heteroatoms. The smallest absolute Gasteiger partial charge is 0.238 e. The van der Waals surface area contributed by atoms with Gasteiger partial charge in [-0.1, -0.05) is 23.2 Å². The number of nitrogens with zero attached hydrogens (tertiary/aromatic N) is 4. The Kier molecular flexibility index (Phi) is 4.14. The third kappa shape index (κ3) is 3.37. The molecule has 2 aromatic rings. The summed E-state index contributed by atoms with van der Waals surface area (Å²) in [4.78, 5) is 1.07. The van der Waals surface area contributed by atoms with E-state index >= 15 is 0 Å². The van der Waals surface area contributed by atoms with Gasteiger partial charge in [0, 0.05) is 0 Å². The van der Waals surface area contributed by atoms with Gasteiger partial charge in [-0.3, -0.25) is 0 Å². The van der Waals surface area contributed by atoms with Crippen LogP contribution in [0.2, 0.25) is 10.0 Å². The number of primary sulfonamides is 1. The molecule has 2 rings (SSSR count). The number of halogens is 2. The standard InChI is InChI=1S/C9H9Cl2N5O3S/c1-16-14-8(13-15-16)4-19-9-6(10)2-5(3-7(9)11)20(12,17)18/h2-3H,4H2,1H3,(H2,12,17,18). The summed E-state index contributed by atoms with van der Waals surface area (Å²) in [5, 5.41) is 16.3. The predicted molar refractivity (Wildman–Crippen MR) is 71.0 cm³/mol. The molecule has 1 heterocycles. The third-order valence-corrected chi connectivity index (χ3v) is 3.65. The Morgan fingerprint density at radius 1 is 1.35 bits per heavy atom. The maximum absolute atomic E-state index is 11.2. The summed E-state index contributed by atoms with van der Waals surface area (Å²) in [6.07, 6.45) is 0. The molecule has 2 N–H and O–H groups in total. The number of benzene rings is 1. The fourth-order valence-corrected chi connectivity index (χ4v) is 2.65. The Hall–Kier alpha value is -1.42. The van der Waals surface area contributed by atoms with Gasteiger partial charge in [-0.2, -0.15) is 4.80 Å². The fraction of sp³-hybridized carbons (Fsp3) is 0.222. The van der Waals surface area contributed by atoms with E-state index in [0.717, 1.165) is 12.1 Å². The molecule has 0 radical (unpaired) electrons. The molecule has 0 aliphatic carbocycles. The molecule has 0 spiro atoms. The first-order valence-corrected chi connectivity index (χ1v) is 7.45. The van der Waals surface area contributed by atoms with Gasteiger partial charge >= 0.3 is 0 Å². The summed E-state index contributed by atoms with van der Waals surface area (Å²) in [7, 11) is -2.28. The van der Waals surface area contributed by atoms with Crippen LogP contribution in [0.1, 0.15) is 5.82 Å². The van der Waals surface area contributed by atoms with Crippen LogP contribution in [0.4, 0.5) is 0 Å². The van der Waals surface area contributed by atoms with E-state index in [9.17, 15) is 8.42 Å². The van der Waals surface area contributed by atoms with Gasteiger partial charge in [-0.15, -0.1) is 10.2 Å². The van der Waals surface area contributed by atoms with Crippen LogP contribution in [0.15, 0.2) is 17.0 Å². The van der Waals surface area contributed by atoms with Crippen molar-refractivity contribution in [1.29, 1.82) is 0 Å². The molecule has 0 bridgehead atoms. The number of nitrogens with two attached hydrogens (primary N) is 1. The molecule has 0 aliphatic rings. The zero-order valence-electron chi connectivity index (χ0n) is 10.1. The Morgan fingerprint density at radius 3 is 2.40 bits per heavy atom. The molecule has 20 heavy (non-hydrogen) atoms. The van der Waals surface area contributed by atoms with Crippen molar-refractivity contribution in [2.24, 2.45) is 12.2 Å². The van der Waals surface area contributed by atoms with Crippen molar-refractivity contribution in [3.8, 4) is 5.75 Å². The van der Waals surface area contributed by atoms with Crippen molar-refractivity contribution in [2.45, 2.75) is 11.5 Å². The summed E-state index contributed by atoms with van der Waals surface area (Å²) in [6.45, 7) is -0.0119. The van der Waals surface area contributed by atoms with E-state index in [1.54, 1.807) is 7.05 Å². The Morgan fingerprint density at radius 2 is 1.95 bits per heavy atom. The van der Waals surface area contributed by atoms with E-state index in [2.05, 4.69) is 15.4 Å². The second kappa shape index (κ2) is 5.52. The second-order valence-electron chi connectivity index (χ2n) is 3.74. The summed E-state index contributed by atoms with van der Waals surface area (Å²) in [6, 6.07) is 2.31. The molecule has 0 saturated heterocycles. The monoisotopic (exact) mass is 337 g/mol. The number of aromatic nitrogens is 4. The highest BCUT2D eigenvalue weighted by molar-refractivity contribution is 7.89. The average molecular weight is 338 g/mol. The molecular weight excluding hydrogens is 329 g/mol. The molecule has 8 nitrogen and oxygen atoms in total. The van der Waals surface area contributed by atoms with Crippen molar-refractivity contribution in [1.82, 2.24) is 20.2 Å². The average Bonchev–Trinajstić information content (AvgIpc) is 2.72. The SMILES string of the molecule is Cn1nnc(COc2c(Cl)cc(S(N)(=O)=O)cc2Cl)n1. The summed E-state index contributed by atoms with van der Waals surface area (Å²) in [5.74, 6) is 0.448. The first-order valence-electron chi connectivity index (χ1n) is 5.15. The summed E-state index contributed by atoms with van der Waals surface area (Å²) in [5.41, 5.74) is 0. The van der Waals surface area contributed by atoms with Crippen molar-refractivity contribution in [3.63, 3.8) is 0 Å². The Labute approximate surface area is 124 Å². The zero-order chi connectivity index (χ0) is 14.9. The van der Waals surface area contributed by atoms with Gasteiger partial charge in [-0.25, -0.2) is 13.6 Å². The molecule has 0 atom stereocenters. The topological polar surface area (TPSA) is 113 Å². The molecule has 0 aliphatic heterocycles. The third-order valence-electron chi connectivity index (χ3n) is 2.20. The van der Waals surface area contributed by atoms with Crippen LogP contribution in [0, 0.1) is 0 Å². The summed E-state index contributed by atoms with van der Waals surface area (Å²) >= 11 is 11.8. The maximum atomic E-state index is 11.2. The molecule has 0 amide bonds. The number of ether oxygens (including phenoxy) is 1. The van der Waals surface area contributed by atoms with Crippen LogP contribution >= 0.6 is 23.2 Å². The number of sulfonamides is 1. The summed E-state index contributed by atoms with van der Waals surface area (Å²) < 4.78 is 27.8. The van der Waals surface area contributed by atoms with Gasteiger partial charge < -0.3 is 4.74 Å². The van der Waals surface area contributed by atoms with Crippen LogP contribution in [0.5, 0.6) is 5.75 Å². The maximum Gasteiger partial charge on any atom is 0.238 e. The van der Waals surface area contributed by atoms with Gasteiger partial charge in [0.2, 0.25) is 15.8 Å². The van der Waals surface area contributed by atoms with Crippen LogP contribution in [0.3, 0.4) is 0 Å². The van der Waals surface area contributed by atoms with Crippen LogP contribution < -0.4 is 9.88 Å². The van der Waals surface area contributed by atoms with E-state index in [1.807, 2.05) is 0 Å². The molecule has 0 fully saturated rings. The van der Waals surface area contributed by atoms with Crippen molar-refractivity contribution >= 4 is 33.2 Å². The zero-order valence-corrected chi connectivity index (χ0v) is 12.4. The van der Waals surface area contributed by atoms with Crippen LogP contribution in [-0.2, 0) is 23.7 Å². The molecule has 1 aromatic carbocycles. The highest BCUT2D eigenvalue weighted by Gasteiger charge is 2.16. The lowest BCUT2D eigenvalue weighted by atomic mass is 10.3. The predicted octanol–water partition coefficient (Wildman–Crippen LogP) is 0.743. The lowest BCUT2D eigenvalue weighted by molar-refractivity contribution is 0.295. The van der Waals surface area contributed by atoms with Gasteiger partial charge in [0.05, 0.1) is 22.0 Å². The second-order valence-corrected chi connectivity index (χ2v) is 6.12. The van der Waals surface area contributed by atoms with Crippen molar-refractivity contribution in [2.75, 3.05) is 0 Å². The number of tetrazole rings is 1. The quantitative estimate of drug-likeness (QED) is 0.880. The Balaban J connectivity index is 2.25. The first kappa shape index (κ1) is 15.0. The minimum atomic E-state index is -3.89. The van der Waals surface area contributed by atoms with Gasteiger partial charge in [0.1, 0.15) is 0 Å². The fourth-order valence-electron chi connectivity index (χ4n) is 1.36. The lowest BCUT2D eigenvalue weighted by Gasteiger charge is -2.09. The van der Waals surface area contributed by atoms with Gasteiger partial charge in [0.15, 0.2) is 12.4 Å². The van der Waals surface area contributed by atoms with E-state index in [0.29, 0.717) is 5.82 Å². The van der Waals surface area contributed by atoms with E-state index in [1.165, 1.54) is 4.80 Å². The van der Waals surface area contributed by atoms with Crippen molar-refractivity contribution in [3.05, 3.63) is 28.0 Å². The molecule has 0 unspecified atom stereocenters. The van der Waals surface area contributed by atoms with Gasteiger partial charge in [0.25, 0.3) is 0 Å². The minimum absolute atomic E-state index is 0.0119. The first-order chi connectivity index (χ1) is 9.27. The molecule has 108 valence electrons. The number of hydrogen-bond acceptors (Lipinski definition) is 6. The molecule has 1 aromatic heterocycles. The minimum Gasteiger partial charge on any atom is -0.482 e. The van der Waals surface area contributed by atoms with Crippen molar-refractivity contribution < 1.29 is 13.2 Å². The van der Waals surface area contributed by atoms with Crippen LogP contribution in [-0.4, -0.2) is 28.6 Å². The van der Waals surface area contributed by atoms with Gasteiger partial charge in [-0.05, 0) is 17.3 Å². The molecular formula is C9H9Cl2N5O3S. The lowest BCUT2D eigenvalue weighted by Crippen LogP contribution is -2.12. The number of hydrogen-bond donors (Lipinski definition) is 1. The largest absolute Gasteiger partial charge is 0.482 e. The Bertz CT molecular complexity index is 723. The van der Waals surface area contributed by atoms with E-state index in [4.69, 9.17) is 33.1 Å². The van der Waals surface area contributed by atoms with E-state index < -0.39 is 10.0 Å². The highest BCUT2D eigenvalue weighted by atomic mass is 35.5. The van der Waals surface area contributed by atoms with E-state index in [-0.39, 0.29) is 27.3 Å². The number of rotatable bonds is 4. The molecule has 0 saturated carbocycles. The number of aryl methyl sites for hydroxylation is 1. The van der Waals surface area contributed by atoms with Crippen LogP contribution in [0.25, 0.3) is 0 Å². The highest BCUT2D eigenvalue weighted by Crippen LogP contribution is 2.35.